The molecule has 0 aliphatic carbocycles. The molecule has 0 radical (unpaired) electrons. The molecular formula is C28H54N2O8+2. The molecule has 222 valence electrons. The fraction of sp³-hybridized carbons (Fsp3) is 0.929. The van der Waals surface area contributed by atoms with E-state index in [0.29, 0.717) is 38.9 Å². The quantitative estimate of drug-likeness (QED) is 0.281. The highest BCUT2D eigenvalue weighted by atomic mass is 17.0. The van der Waals surface area contributed by atoms with Crippen molar-refractivity contribution in [2.45, 2.75) is 142 Å². The Bertz CT molecular complexity index is 735. The molecule has 2 rings (SSSR count). The molecule has 10 nitrogen and oxygen atoms in total. The Morgan fingerprint density at radius 3 is 1.08 bits per heavy atom. The number of ether oxygens (including phenoxy) is 2. The van der Waals surface area contributed by atoms with Gasteiger partial charge in [0.1, 0.15) is 14.2 Å². The molecule has 0 unspecified atom stereocenters. The lowest BCUT2D eigenvalue weighted by molar-refractivity contribution is -1.29. The van der Waals surface area contributed by atoms with Crippen LogP contribution < -0.4 is 0 Å². The second-order valence-corrected chi connectivity index (χ2v) is 13.3. The fourth-order valence-corrected chi connectivity index (χ4v) is 7.16. The van der Waals surface area contributed by atoms with Gasteiger partial charge in [-0.15, -0.1) is 0 Å². The number of quaternary nitrogens is 2. The van der Waals surface area contributed by atoms with Crippen molar-refractivity contribution in [1.29, 1.82) is 0 Å². The molecule has 2 aliphatic rings. The van der Waals surface area contributed by atoms with Crippen molar-refractivity contribution in [3.8, 4) is 0 Å². The van der Waals surface area contributed by atoms with Gasteiger partial charge in [-0.25, -0.2) is 19.3 Å². The van der Waals surface area contributed by atoms with Gasteiger partial charge >= 0.3 is 11.9 Å². The molecule has 0 aromatic rings. The zero-order valence-electron chi connectivity index (χ0n) is 26.0. The Balaban J connectivity index is 2.33. The van der Waals surface area contributed by atoms with Crippen LogP contribution in [0.1, 0.15) is 108 Å². The minimum atomic E-state index is -1.13. The van der Waals surface area contributed by atoms with Crippen LogP contribution in [0.25, 0.3) is 0 Å². The molecule has 0 atom stereocenters. The molecule has 0 N–H and O–H groups in total. The molecule has 38 heavy (non-hydrogen) atoms. The summed E-state index contributed by atoms with van der Waals surface area (Å²) in [5.74, 6) is -2.27. The third kappa shape index (κ3) is 5.76. The maximum atomic E-state index is 13.5. The molecule has 0 bridgehead atoms. The number of carbonyl (C=O) groups excluding carboxylic acids is 2. The van der Waals surface area contributed by atoms with Gasteiger partial charge in [-0.2, -0.15) is 9.68 Å². The predicted octanol–water partition coefficient (Wildman–Crippen LogP) is 4.95. The maximum absolute atomic E-state index is 13.5. The van der Waals surface area contributed by atoms with Gasteiger partial charge < -0.3 is 9.47 Å². The van der Waals surface area contributed by atoms with Crippen molar-refractivity contribution in [3.05, 3.63) is 0 Å². The van der Waals surface area contributed by atoms with Gasteiger partial charge in [-0.3, -0.25) is 0 Å². The summed E-state index contributed by atoms with van der Waals surface area (Å²) in [6.45, 7) is 21.1. The molecule has 2 aliphatic heterocycles. The van der Waals surface area contributed by atoms with Gasteiger partial charge in [0.2, 0.25) is 0 Å². The largest absolute Gasteiger partial charge is 0.484 e. The third-order valence-electron chi connectivity index (χ3n) is 8.32. The number of carbonyl (C=O) groups is 2. The fourth-order valence-electron chi connectivity index (χ4n) is 7.16. The second kappa shape index (κ2) is 11.7. The first kappa shape index (κ1) is 32.9. The molecule has 0 spiro atoms. The van der Waals surface area contributed by atoms with Crippen LogP contribution in [0.5, 0.6) is 0 Å². The first-order valence-corrected chi connectivity index (χ1v) is 14.0. The van der Waals surface area contributed by atoms with Gasteiger partial charge in [0, 0.05) is 48.5 Å². The Labute approximate surface area is 229 Å². The molecule has 2 saturated heterocycles. The van der Waals surface area contributed by atoms with Crippen molar-refractivity contribution >= 4 is 11.9 Å². The third-order valence-corrected chi connectivity index (χ3v) is 8.32. The topological polar surface area (TPSA) is 89.5 Å². The SMILES string of the molecule is CCCOC1CC(C)(C)[N+](OC)(OC(=O)C(=O)O[N+]2(OC)C(C)(C)CC(OCCC)CC2(C)C)C(C)(C)C1. The zero-order chi connectivity index (χ0) is 29.2. The lowest BCUT2D eigenvalue weighted by Gasteiger charge is -2.56. The number of hydrogen-bond donors (Lipinski definition) is 0. The minimum absolute atomic E-state index is 0.0212. The highest BCUT2D eigenvalue weighted by Crippen LogP contribution is 2.49. The Kier molecular flexibility index (Phi) is 10.1. The maximum Gasteiger partial charge on any atom is 0.484 e. The molecule has 2 fully saturated rings. The van der Waals surface area contributed by atoms with Crippen LogP contribution in [0.15, 0.2) is 0 Å². The molecule has 0 aromatic heterocycles. The monoisotopic (exact) mass is 546 g/mol. The van der Waals surface area contributed by atoms with E-state index in [4.69, 9.17) is 28.8 Å². The summed E-state index contributed by atoms with van der Waals surface area (Å²) in [6, 6.07) is 0. The van der Waals surface area contributed by atoms with E-state index in [1.807, 2.05) is 55.4 Å². The summed E-state index contributed by atoms with van der Waals surface area (Å²) in [4.78, 5) is 49.7. The van der Waals surface area contributed by atoms with Crippen LogP contribution >= 0.6 is 0 Å². The van der Waals surface area contributed by atoms with E-state index in [1.54, 1.807) is 0 Å². The van der Waals surface area contributed by atoms with E-state index in [9.17, 15) is 9.59 Å². The van der Waals surface area contributed by atoms with Gasteiger partial charge in [-0.1, -0.05) is 13.8 Å². The van der Waals surface area contributed by atoms with Crippen molar-refractivity contribution in [2.24, 2.45) is 0 Å². The van der Waals surface area contributed by atoms with E-state index < -0.39 is 43.7 Å². The summed E-state index contributed by atoms with van der Waals surface area (Å²) in [5.41, 5.74) is -2.81. The summed E-state index contributed by atoms with van der Waals surface area (Å²) >= 11 is 0. The molecule has 10 heteroatoms. The molecular weight excluding hydrogens is 492 g/mol. The average molecular weight is 547 g/mol. The Morgan fingerprint density at radius 1 is 0.605 bits per heavy atom. The highest BCUT2D eigenvalue weighted by molar-refractivity contribution is 6.29. The normalized spacial score (nSPS) is 33.4. The van der Waals surface area contributed by atoms with Crippen molar-refractivity contribution < 1.29 is 48.0 Å². The lowest BCUT2D eigenvalue weighted by Crippen LogP contribution is -2.76. The van der Waals surface area contributed by atoms with Gasteiger partial charge in [0.25, 0.3) is 0 Å². The average Bonchev–Trinajstić information content (AvgIpc) is 2.79. The summed E-state index contributed by atoms with van der Waals surface area (Å²) in [5, 5.41) is 0. The van der Waals surface area contributed by atoms with Gasteiger partial charge in [-0.05, 0) is 68.2 Å². The van der Waals surface area contributed by atoms with Crippen molar-refractivity contribution in [3.63, 3.8) is 0 Å². The minimum Gasteiger partial charge on any atom is -0.378 e. The van der Waals surface area contributed by atoms with Crippen LogP contribution in [0.2, 0.25) is 0 Å². The van der Waals surface area contributed by atoms with Gasteiger partial charge in [0.15, 0.2) is 22.2 Å². The van der Waals surface area contributed by atoms with Gasteiger partial charge in [0.05, 0.1) is 12.2 Å². The lowest BCUT2D eigenvalue weighted by atomic mass is 9.79. The first-order valence-electron chi connectivity index (χ1n) is 14.0. The van der Waals surface area contributed by atoms with Crippen LogP contribution in [0.4, 0.5) is 0 Å². The van der Waals surface area contributed by atoms with E-state index in [-0.39, 0.29) is 12.2 Å². The van der Waals surface area contributed by atoms with Crippen molar-refractivity contribution in [2.75, 3.05) is 27.4 Å². The Morgan fingerprint density at radius 2 is 0.868 bits per heavy atom. The summed E-state index contributed by atoms with van der Waals surface area (Å²) in [7, 11) is 2.98. The van der Waals surface area contributed by atoms with Crippen LogP contribution in [0, 0.1) is 0 Å². The predicted molar refractivity (Wildman–Crippen MR) is 142 cm³/mol. The first-order chi connectivity index (χ1) is 17.4. The molecule has 0 amide bonds. The van der Waals surface area contributed by atoms with Crippen LogP contribution in [-0.4, -0.2) is 83.4 Å². The number of nitrogens with zero attached hydrogens (tertiary/aromatic N) is 2. The van der Waals surface area contributed by atoms with E-state index in [2.05, 4.69) is 13.8 Å². The van der Waals surface area contributed by atoms with Crippen LogP contribution in [-0.2, 0) is 38.4 Å². The van der Waals surface area contributed by atoms with E-state index in [1.165, 1.54) is 14.2 Å². The zero-order valence-corrected chi connectivity index (χ0v) is 26.0. The van der Waals surface area contributed by atoms with E-state index >= 15 is 0 Å². The van der Waals surface area contributed by atoms with E-state index in [0.717, 1.165) is 12.8 Å². The van der Waals surface area contributed by atoms with Crippen LogP contribution in [0.3, 0.4) is 0 Å². The molecule has 2 heterocycles. The Hall–Kier alpha value is -1.30. The van der Waals surface area contributed by atoms with Crippen molar-refractivity contribution in [1.82, 2.24) is 0 Å². The number of piperidine rings is 2. The smallest absolute Gasteiger partial charge is 0.378 e. The highest BCUT2D eigenvalue weighted by Gasteiger charge is 2.69. The molecule has 0 saturated carbocycles. The number of hydroxylamine groups is 8. The number of hydrogen-bond acceptors (Lipinski definition) is 8. The molecule has 0 aromatic carbocycles. The summed E-state index contributed by atoms with van der Waals surface area (Å²) < 4.78 is 12.1. The second-order valence-electron chi connectivity index (χ2n) is 13.3. The summed E-state index contributed by atoms with van der Waals surface area (Å²) in [6.07, 6.45) is 4.14. The standard InChI is InChI=1S/C28H54N2O8/c1-13-15-35-21-17-25(3,4)29(33-11,26(5,6)18-21)37-23(31)24(32)38-30(34-12)27(7,8)19-22(36-16-14-2)20-28(30,9)10/h21-22H,13-20H2,1-12H3/q+2. The number of rotatable bonds is 10.